The minimum absolute atomic E-state index is 0. The van der Waals surface area contributed by atoms with Gasteiger partial charge >= 0.3 is 85.5 Å². The predicted molar refractivity (Wildman–Crippen MR) is 256 cm³/mol. The van der Waals surface area contributed by atoms with E-state index in [0.717, 1.165) is 53.8 Å². The number of carbonyl (C=O) groups excluding carboxylic acids is 1. The fraction of sp³-hybridized carbons (Fsp3) is 0.104. The SMILES string of the molecule is CC(C)=O.F[P-](F)(F)(F)(F)F.F[P-](F)(F)(F)(F)F.[Ru+2].c1ccc(Cn2ccc(-c3ccccn3)n2)cc1.c1ccc(Cn2ccc(-c3ccccn3)n2)cc1.c1ccc(Cn2ccc(-c3ccccn3)n2)cc1. The van der Waals surface area contributed by atoms with Crippen molar-refractivity contribution in [2.45, 2.75) is 33.5 Å². The second kappa shape index (κ2) is 24.7. The summed E-state index contributed by atoms with van der Waals surface area (Å²) in [5.41, 5.74) is 9.18. The van der Waals surface area contributed by atoms with E-state index in [9.17, 15) is 55.2 Å². The molecular formula is C48H45F12N9OP2Ru. The Bertz CT molecular complexity index is 2690. The number of hydrogen-bond donors (Lipinski definition) is 0. The van der Waals surface area contributed by atoms with E-state index < -0.39 is 15.6 Å². The molecule has 0 saturated heterocycles. The van der Waals surface area contributed by atoms with Crippen LogP contribution in [0.2, 0.25) is 0 Å². The molecule has 3 aromatic carbocycles. The summed E-state index contributed by atoms with van der Waals surface area (Å²) in [5, 5.41) is 13.6. The molecule has 0 unspecified atom stereocenters. The molecule has 0 aliphatic carbocycles. The van der Waals surface area contributed by atoms with Gasteiger partial charge in [0.25, 0.3) is 0 Å². The molecule has 0 bridgehead atoms. The van der Waals surface area contributed by atoms with Crippen LogP contribution in [0, 0.1) is 0 Å². The summed E-state index contributed by atoms with van der Waals surface area (Å²) in [5.74, 6) is 0.167. The minimum Gasteiger partial charge on any atom is -0.268 e. The van der Waals surface area contributed by atoms with Crippen LogP contribution >= 0.6 is 15.6 Å². The first-order valence-corrected chi connectivity index (χ1v) is 25.0. The number of aromatic nitrogens is 9. The van der Waals surface area contributed by atoms with Gasteiger partial charge < -0.3 is 4.79 Å². The van der Waals surface area contributed by atoms with Crippen molar-refractivity contribution in [1.29, 1.82) is 0 Å². The van der Waals surface area contributed by atoms with Gasteiger partial charge in [0, 0.05) is 37.2 Å². The fourth-order valence-corrected chi connectivity index (χ4v) is 5.61. The van der Waals surface area contributed by atoms with Crippen LogP contribution in [0.5, 0.6) is 0 Å². The number of hydrogen-bond acceptors (Lipinski definition) is 7. The van der Waals surface area contributed by atoms with Gasteiger partial charge in [-0.15, -0.1) is 0 Å². The molecule has 25 heteroatoms. The minimum atomic E-state index is -10.7. The summed E-state index contributed by atoms with van der Waals surface area (Å²) in [4.78, 5) is 22.3. The van der Waals surface area contributed by atoms with Crippen LogP contribution in [0.25, 0.3) is 34.2 Å². The third kappa shape index (κ3) is 30.5. The van der Waals surface area contributed by atoms with Crippen molar-refractivity contribution in [1.82, 2.24) is 44.3 Å². The third-order valence-electron chi connectivity index (χ3n) is 8.27. The molecule has 0 spiro atoms. The molecule has 0 radical (unpaired) electrons. The summed E-state index contributed by atoms with van der Waals surface area (Å²) in [7, 11) is -21.3. The topological polar surface area (TPSA) is 109 Å². The van der Waals surface area contributed by atoms with Gasteiger partial charge in [-0.25, -0.2) is 0 Å². The van der Waals surface area contributed by atoms with E-state index in [0.29, 0.717) is 0 Å². The molecule has 0 amide bonds. The Morgan fingerprint density at radius 3 is 0.753 bits per heavy atom. The first-order valence-electron chi connectivity index (χ1n) is 20.9. The number of carbonyl (C=O) groups is 1. The molecule has 390 valence electrons. The Balaban J connectivity index is 0.000000247. The van der Waals surface area contributed by atoms with E-state index in [1.807, 2.05) is 160 Å². The average molecular weight is 1150 g/mol. The quantitative estimate of drug-likeness (QED) is 0.0804. The van der Waals surface area contributed by atoms with Crippen molar-refractivity contribution in [3.63, 3.8) is 0 Å². The molecule has 0 atom stereocenters. The fourth-order valence-electron chi connectivity index (χ4n) is 5.61. The molecule has 0 aliphatic heterocycles. The maximum Gasteiger partial charge on any atom is 2.00 e. The Kier molecular flexibility index (Phi) is 20.4. The molecule has 0 saturated carbocycles. The molecular weight excluding hydrogens is 1110 g/mol. The van der Waals surface area contributed by atoms with Crippen LogP contribution in [0.4, 0.5) is 50.4 Å². The van der Waals surface area contributed by atoms with Crippen molar-refractivity contribution >= 4 is 21.4 Å². The van der Waals surface area contributed by atoms with Gasteiger partial charge in [-0.1, -0.05) is 109 Å². The van der Waals surface area contributed by atoms with E-state index >= 15 is 0 Å². The van der Waals surface area contributed by atoms with Gasteiger partial charge in [-0.2, -0.15) is 15.3 Å². The number of rotatable bonds is 9. The Morgan fingerprint density at radius 2 is 0.562 bits per heavy atom. The second-order valence-electron chi connectivity index (χ2n) is 15.1. The summed E-state index contributed by atoms with van der Waals surface area (Å²) in [6.45, 7) is 5.41. The average Bonchev–Trinajstić information content (AvgIpc) is 4.09. The molecule has 0 aliphatic rings. The van der Waals surface area contributed by atoms with Crippen molar-refractivity contribution in [2.75, 3.05) is 0 Å². The van der Waals surface area contributed by atoms with Crippen molar-refractivity contribution < 1.29 is 74.6 Å². The molecule has 6 aromatic heterocycles. The molecule has 9 aromatic rings. The van der Waals surface area contributed by atoms with Gasteiger partial charge in [0.15, 0.2) is 0 Å². The summed E-state index contributed by atoms with van der Waals surface area (Å²) < 4.78 is 124. The van der Waals surface area contributed by atoms with Crippen molar-refractivity contribution in [3.05, 3.63) is 218 Å². The van der Waals surface area contributed by atoms with Crippen LogP contribution in [0.1, 0.15) is 30.5 Å². The number of benzene rings is 3. The van der Waals surface area contributed by atoms with Crippen LogP contribution < -0.4 is 0 Å². The standard InChI is InChI=1S/3C15H13N3.C3H6O.2F6P.Ru/c3*1-2-6-13(7-3-1)12-18-11-9-15(17-18)14-8-4-5-10-16-14;1-3(2)4;2*1-7(2,3,4,5)6;/h3*1-11H,12H2;1-2H3;;;/q;;;;2*-1;+2. The molecule has 73 heavy (non-hydrogen) atoms. The van der Waals surface area contributed by atoms with Gasteiger partial charge in [-0.3, -0.25) is 29.0 Å². The third-order valence-corrected chi connectivity index (χ3v) is 8.27. The molecule has 0 N–H and O–H groups in total. The number of ketones is 1. The Labute approximate surface area is 424 Å². The van der Waals surface area contributed by atoms with Crippen LogP contribution in [0.15, 0.2) is 201 Å². The number of halogens is 12. The maximum absolute atomic E-state index is 10.7. The number of pyridine rings is 3. The Morgan fingerprint density at radius 1 is 0.356 bits per heavy atom. The molecule has 6 heterocycles. The predicted octanol–water partition coefficient (Wildman–Crippen LogP) is 16.3. The zero-order valence-electron chi connectivity index (χ0n) is 38.4. The van der Waals surface area contributed by atoms with Crippen LogP contribution in [-0.4, -0.2) is 50.1 Å². The second-order valence-corrected chi connectivity index (χ2v) is 19.0. The smallest absolute Gasteiger partial charge is 0.268 e. The molecule has 10 nitrogen and oxygen atoms in total. The van der Waals surface area contributed by atoms with E-state index in [2.05, 4.69) is 66.6 Å². The largest absolute Gasteiger partial charge is 2.00 e. The first-order chi connectivity index (χ1) is 33.4. The first kappa shape index (κ1) is 60.4. The van der Waals surface area contributed by atoms with E-state index in [1.165, 1.54) is 30.5 Å². The Hall–Kier alpha value is -6.95. The van der Waals surface area contributed by atoms with E-state index in [-0.39, 0.29) is 25.3 Å². The van der Waals surface area contributed by atoms with E-state index in [1.54, 1.807) is 18.6 Å². The van der Waals surface area contributed by atoms with Gasteiger partial charge in [-0.05, 0) is 85.1 Å². The van der Waals surface area contributed by atoms with Crippen LogP contribution in [0.3, 0.4) is 0 Å². The van der Waals surface area contributed by atoms with Crippen molar-refractivity contribution in [3.8, 4) is 34.2 Å². The molecule has 0 fully saturated rings. The molecule has 9 rings (SSSR count). The van der Waals surface area contributed by atoms with Gasteiger partial charge in [0.05, 0.1) is 36.7 Å². The van der Waals surface area contributed by atoms with Crippen LogP contribution in [-0.2, 0) is 43.9 Å². The number of nitrogens with zero attached hydrogens (tertiary/aromatic N) is 9. The zero-order chi connectivity index (χ0) is 53.0. The van der Waals surface area contributed by atoms with E-state index in [4.69, 9.17) is 0 Å². The maximum atomic E-state index is 9.87. The number of Topliss-reactive ketones (excluding diaryl/α,β-unsaturated/α-hetero) is 1. The summed E-state index contributed by atoms with van der Waals surface area (Å²) >= 11 is 0. The zero-order valence-corrected chi connectivity index (χ0v) is 41.9. The van der Waals surface area contributed by atoms with Gasteiger partial charge in [0.1, 0.15) is 22.9 Å². The monoisotopic (exact) mass is 1160 g/mol. The van der Waals surface area contributed by atoms with Gasteiger partial charge in [0.2, 0.25) is 0 Å². The summed E-state index contributed by atoms with van der Waals surface area (Å²) in [6.07, 6.45) is 11.3. The normalized spacial score (nSPS) is 12.5. The van der Waals surface area contributed by atoms with Crippen molar-refractivity contribution in [2.24, 2.45) is 0 Å². The summed E-state index contributed by atoms with van der Waals surface area (Å²) in [6, 6.07) is 54.4.